The quantitative estimate of drug-likeness (QED) is 0.853. The molecule has 2 aromatic heterocycles. The van der Waals surface area contributed by atoms with Crippen molar-refractivity contribution in [2.75, 3.05) is 5.32 Å². The monoisotopic (exact) mass is 376 g/mol. The molecule has 1 N–H and O–H groups in total. The molecule has 1 amide bonds. The van der Waals surface area contributed by atoms with E-state index in [9.17, 15) is 9.59 Å². The largest absolute Gasteiger partial charge is 0.455 e. The van der Waals surface area contributed by atoms with Crippen molar-refractivity contribution >= 4 is 33.4 Å². The molecule has 6 heteroatoms. The number of hydrogen-bond donors (Lipinski definition) is 1. The Balaban J connectivity index is 1.91. The van der Waals surface area contributed by atoms with E-state index < -0.39 is 5.91 Å². The molecule has 0 bridgehead atoms. The number of hydrogen-bond acceptors (Lipinski definition) is 4. The van der Waals surface area contributed by atoms with Gasteiger partial charge in [-0.05, 0) is 40.4 Å². The number of aromatic nitrogens is 1. The van der Waals surface area contributed by atoms with Crippen LogP contribution in [0.25, 0.3) is 0 Å². The number of amides is 1. The van der Waals surface area contributed by atoms with Crippen LogP contribution in [0.4, 0.5) is 5.82 Å². The second-order valence-corrected chi connectivity index (χ2v) is 7.53. The van der Waals surface area contributed by atoms with Crippen LogP contribution in [0.15, 0.2) is 27.2 Å². The number of fused-ring (bicyclic) bond motifs is 1. The number of rotatable bonds is 2. The molecule has 0 radical (unpaired) electrons. The second kappa shape index (κ2) is 5.60. The standard InChI is InChI=1S/C17H17BrN2O3/c1-9-14-11(21)6-17(2,3)7-12(14)23-15(9)16(22)20-13-5-4-10(18)8-19-13/h4-5,8H,6-7H2,1-3H3,(H,19,20,22). The number of anilines is 1. The van der Waals surface area contributed by atoms with Crippen molar-refractivity contribution in [1.82, 2.24) is 4.98 Å². The summed E-state index contributed by atoms with van der Waals surface area (Å²) < 4.78 is 6.56. The van der Waals surface area contributed by atoms with Gasteiger partial charge in [-0.3, -0.25) is 9.59 Å². The molecule has 0 aromatic carbocycles. The van der Waals surface area contributed by atoms with E-state index in [1.165, 1.54) is 0 Å². The van der Waals surface area contributed by atoms with Gasteiger partial charge in [0.1, 0.15) is 11.6 Å². The molecule has 2 aromatic rings. The van der Waals surface area contributed by atoms with Gasteiger partial charge in [0, 0.05) is 29.1 Å². The number of furan rings is 1. The Morgan fingerprint density at radius 2 is 2.09 bits per heavy atom. The molecule has 0 aliphatic heterocycles. The van der Waals surface area contributed by atoms with Crippen LogP contribution in [0.3, 0.4) is 0 Å². The molecule has 0 saturated carbocycles. The van der Waals surface area contributed by atoms with Crippen molar-refractivity contribution in [2.45, 2.75) is 33.6 Å². The van der Waals surface area contributed by atoms with Gasteiger partial charge in [0.05, 0.1) is 5.56 Å². The summed E-state index contributed by atoms with van der Waals surface area (Å²) in [5.41, 5.74) is 1.03. The van der Waals surface area contributed by atoms with Gasteiger partial charge in [-0.2, -0.15) is 0 Å². The molecular weight excluding hydrogens is 360 g/mol. The lowest BCUT2D eigenvalue weighted by Crippen LogP contribution is -2.26. The molecule has 23 heavy (non-hydrogen) atoms. The third-order valence-electron chi connectivity index (χ3n) is 3.95. The molecule has 0 fully saturated rings. The summed E-state index contributed by atoms with van der Waals surface area (Å²) in [6, 6.07) is 3.48. The lowest BCUT2D eigenvalue weighted by molar-refractivity contribution is 0.0898. The Labute approximate surface area is 142 Å². The van der Waals surface area contributed by atoms with Gasteiger partial charge in [-0.25, -0.2) is 4.98 Å². The van der Waals surface area contributed by atoms with E-state index in [1.54, 1.807) is 25.3 Å². The van der Waals surface area contributed by atoms with Crippen LogP contribution >= 0.6 is 15.9 Å². The summed E-state index contributed by atoms with van der Waals surface area (Å²) in [6.07, 6.45) is 2.72. The minimum absolute atomic E-state index is 0.0401. The molecule has 0 saturated heterocycles. The smallest absolute Gasteiger partial charge is 0.292 e. The minimum atomic E-state index is -0.391. The van der Waals surface area contributed by atoms with Crippen molar-refractivity contribution in [1.29, 1.82) is 0 Å². The van der Waals surface area contributed by atoms with Crippen LogP contribution in [0.1, 0.15) is 52.5 Å². The Bertz CT molecular complexity index is 791. The van der Waals surface area contributed by atoms with E-state index in [2.05, 4.69) is 26.2 Å². The van der Waals surface area contributed by atoms with Crippen molar-refractivity contribution in [3.05, 3.63) is 45.4 Å². The van der Waals surface area contributed by atoms with Crippen LogP contribution in [0, 0.1) is 12.3 Å². The van der Waals surface area contributed by atoms with Gasteiger partial charge in [-0.1, -0.05) is 13.8 Å². The average molecular weight is 377 g/mol. The molecule has 2 heterocycles. The first-order valence-corrected chi connectivity index (χ1v) is 8.14. The van der Waals surface area contributed by atoms with Gasteiger partial charge in [0.25, 0.3) is 5.91 Å². The third kappa shape index (κ3) is 3.08. The number of carbonyl (C=O) groups is 2. The first-order valence-electron chi connectivity index (χ1n) is 7.35. The number of Topliss-reactive ketones (excluding diaryl/α,β-unsaturated/α-hetero) is 1. The zero-order valence-electron chi connectivity index (χ0n) is 13.2. The van der Waals surface area contributed by atoms with E-state index in [4.69, 9.17) is 4.42 Å². The summed E-state index contributed by atoms with van der Waals surface area (Å²) >= 11 is 3.29. The molecule has 1 aliphatic carbocycles. The molecule has 5 nitrogen and oxygen atoms in total. The maximum atomic E-state index is 12.4. The van der Waals surface area contributed by atoms with E-state index in [1.807, 2.05) is 13.8 Å². The van der Waals surface area contributed by atoms with Gasteiger partial charge in [-0.15, -0.1) is 0 Å². The first-order chi connectivity index (χ1) is 10.8. The van der Waals surface area contributed by atoms with Crippen molar-refractivity contribution in [3.8, 4) is 0 Å². The van der Waals surface area contributed by atoms with Gasteiger partial charge in [0.15, 0.2) is 11.5 Å². The van der Waals surface area contributed by atoms with E-state index in [-0.39, 0.29) is 17.0 Å². The molecule has 1 aliphatic rings. The predicted molar refractivity (Wildman–Crippen MR) is 89.8 cm³/mol. The lowest BCUT2D eigenvalue weighted by atomic mass is 9.76. The Hall–Kier alpha value is -1.95. The highest BCUT2D eigenvalue weighted by Gasteiger charge is 2.37. The van der Waals surface area contributed by atoms with Gasteiger partial charge >= 0.3 is 0 Å². The fourth-order valence-electron chi connectivity index (χ4n) is 2.92. The molecule has 0 unspecified atom stereocenters. The number of pyridine rings is 1. The summed E-state index contributed by atoms with van der Waals surface area (Å²) in [5, 5.41) is 2.70. The molecule has 0 spiro atoms. The Morgan fingerprint density at radius 1 is 1.35 bits per heavy atom. The number of carbonyl (C=O) groups excluding carboxylic acids is 2. The summed E-state index contributed by atoms with van der Waals surface area (Å²) in [7, 11) is 0. The van der Waals surface area contributed by atoms with Crippen molar-refractivity contribution in [2.24, 2.45) is 5.41 Å². The highest BCUT2D eigenvalue weighted by Crippen LogP contribution is 2.38. The predicted octanol–water partition coefficient (Wildman–Crippen LogP) is 4.15. The van der Waals surface area contributed by atoms with E-state index >= 15 is 0 Å². The second-order valence-electron chi connectivity index (χ2n) is 6.61. The van der Waals surface area contributed by atoms with Crippen LogP contribution < -0.4 is 5.32 Å². The zero-order valence-corrected chi connectivity index (χ0v) is 14.8. The first kappa shape index (κ1) is 15.9. The van der Waals surface area contributed by atoms with Crippen LogP contribution in [0.5, 0.6) is 0 Å². The average Bonchev–Trinajstić information content (AvgIpc) is 2.77. The molecular formula is C17H17BrN2O3. The normalized spacial score (nSPS) is 16.1. The fraction of sp³-hybridized carbons (Fsp3) is 0.353. The molecule has 0 atom stereocenters. The summed E-state index contributed by atoms with van der Waals surface area (Å²) in [4.78, 5) is 28.9. The SMILES string of the molecule is Cc1c(C(=O)Nc2ccc(Br)cn2)oc2c1C(=O)CC(C)(C)C2. The van der Waals surface area contributed by atoms with Crippen molar-refractivity contribution < 1.29 is 14.0 Å². The molecule has 3 rings (SSSR count). The highest BCUT2D eigenvalue weighted by molar-refractivity contribution is 9.10. The Kier molecular flexibility index (Phi) is 3.88. The zero-order chi connectivity index (χ0) is 16.8. The van der Waals surface area contributed by atoms with Crippen LogP contribution in [-0.2, 0) is 6.42 Å². The Morgan fingerprint density at radius 3 is 2.74 bits per heavy atom. The topological polar surface area (TPSA) is 72.2 Å². The van der Waals surface area contributed by atoms with Crippen molar-refractivity contribution in [3.63, 3.8) is 0 Å². The number of nitrogens with zero attached hydrogens (tertiary/aromatic N) is 1. The van der Waals surface area contributed by atoms with Gasteiger partial charge in [0.2, 0.25) is 0 Å². The summed E-state index contributed by atoms with van der Waals surface area (Å²) in [5.74, 6) is 0.873. The minimum Gasteiger partial charge on any atom is -0.455 e. The lowest BCUT2D eigenvalue weighted by Gasteiger charge is -2.27. The number of nitrogens with one attached hydrogen (secondary N) is 1. The van der Waals surface area contributed by atoms with E-state index in [0.717, 1.165) is 4.47 Å². The number of ketones is 1. The fourth-order valence-corrected chi connectivity index (χ4v) is 3.16. The third-order valence-corrected chi connectivity index (χ3v) is 4.42. The van der Waals surface area contributed by atoms with Gasteiger partial charge < -0.3 is 9.73 Å². The maximum absolute atomic E-state index is 12.4. The maximum Gasteiger partial charge on any atom is 0.292 e. The highest BCUT2D eigenvalue weighted by atomic mass is 79.9. The summed E-state index contributed by atoms with van der Waals surface area (Å²) in [6.45, 7) is 5.80. The number of halogens is 1. The van der Waals surface area contributed by atoms with Crippen LogP contribution in [0.2, 0.25) is 0 Å². The molecule has 120 valence electrons. The van der Waals surface area contributed by atoms with Crippen LogP contribution in [-0.4, -0.2) is 16.7 Å². The van der Waals surface area contributed by atoms with E-state index in [0.29, 0.717) is 35.5 Å².